The minimum Gasteiger partial charge on any atom is -0.390 e. The van der Waals surface area contributed by atoms with Gasteiger partial charge in [-0.2, -0.15) is 0 Å². The number of hydrogen-bond acceptors (Lipinski definition) is 4. The molecule has 1 rings (SSSR count). The molecule has 4 heteroatoms. The Morgan fingerprint density at radius 1 is 1.41 bits per heavy atom. The van der Waals surface area contributed by atoms with E-state index in [9.17, 15) is 9.90 Å². The minimum atomic E-state index is -0.600. The molecule has 0 saturated carbocycles. The van der Waals surface area contributed by atoms with Crippen molar-refractivity contribution in [2.45, 2.75) is 59.0 Å². The molecule has 0 fully saturated rings. The standard InChI is InChI=1S/C18H27NO3/c1-14(8-7-12-18(3,4)21)11-13-19-22-17(20)16-10-6-5-9-15(16)2/h5-6,9-10,13-14,21H,7-8,11-12H2,1-4H3/b19-13+. The number of carbonyl (C=O) groups is 1. The van der Waals surface area contributed by atoms with Crippen molar-refractivity contribution in [2.75, 3.05) is 0 Å². The monoisotopic (exact) mass is 305 g/mol. The van der Waals surface area contributed by atoms with E-state index in [1.807, 2.05) is 32.9 Å². The van der Waals surface area contributed by atoms with Crippen molar-refractivity contribution in [1.82, 2.24) is 0 Å². The molecule has 1 aromatic carbocycles. The van der Waals surface area contributed by atoms with E-state index in [1.165, 1.54) is 0 Å². The van der Waals surface area contributed by atoms with Crippen molar-refractivity contribution in [1.29, 1.82) is 0 Å². The van der Waals surface area contributed by atoms with E-state index in [0.717, 1.165) is 31.2 Å². The van der Waals surface area contributed by atoms with Gasteiger partial charge in [0.1, 0.15) is 0 Å². The predicted octanol–water partition coefficient (Wildman–Crippen LogP) is 4.11. The second-order valence-electron chi connectivity index (χ2n) is 6.53. The van der Waals surface area contributed by atoms with Crippen LogP contribution in [0.3, 0.4) is 0 Å². The van der Waals surface area contributed by atoms with Gasteiger partial charge in [0.2, 0.25) is 0 Å². The normalized spacial score (nSPS) is 13.3. The number of carbonyl (C=O) groups excluding carboxylic acids is 1. The molecule has 0 aliphatic heterocycles. The van der Waals surface area contributed by atoms with E-state index in [0.29, 0.717) is 11.5 Å². The van der Waals surface area contributed by atoms with Crippen LogP contribution in [0.5, 0.6) is 0 Å². The number of nitrogens with zero attached hydrogens (tertiary/aromatic N) is 1. The summed E-state index contributed by atoms with van der Waals surface area (Å²) < 4.78 is 0. The number of benzene rings is 1. The van der Waals surface area contributed by atoms with Crippen molar-refractivity contribution < 1.29 is 14.7 Å². The summed E-state index contributed by atoms with van der Waals surface area (Å²) in [6.45, 7) is 7.64. The zero-order chi connectivity index (χ0) is 16.6. The van der Waals surface area contributed by atoms with Gasteiger partial charge in [-0.05, 0) is 51.2 Å². The molecule has 22 heavy (non-hydrogen) atoms. The van der Waals surface area contributed by atoms with Gasteiger partial charge in [0.15, 0.2) is 0 Å². The molecule has 0 amide bonds. The molecule has 0 aliphatic rings. The first-order chi connectivity index (χ1) is 10.3. The fourth-order valence-electron chi connectivity index (χ4n) is 2.16. The van der Waals surface area contributed by atoms with Crippen LogP contribution in [0.2, 0.25) is 0 Å². The summed E-state index contributed by atoms with van der Waals surface area (Å²) in [6.07, 6.45) is 5.18. The second-order valence-corrected chi connectivity index (χ2v) is 6.53. The summed E-state index contributed by atoms with van der Waals surface area (Å²) in [4.78, 5) is 16.7. The van der Waals surface area contributed by atoms with Gasteiger partial charge >= 0.3 is 5.97 Å². The first-order valence-corrected chi connectivity index (χ1v) is 7.81. The third-order valence-electron chi connectivity index (χ3n) is 3.57. The smallest absolute Gasteiger partial charge is 0.365 e. The van der Waals surface area contributed by atoms with Gasteiger partial charge < -0.3 is 9.94 Å². The Kier molecular flexibility index (Phi) is 7.25. The van der Waals surface area contributed by atoms with E-state index in [1.54, 1.807) is 18.3 Å². The Morgan fingerprint density at radius 3 is 2.73 bits per heavy atom. The van der Waals surface area contributed by atoms with Crippen LogP contribution in [0.1, 0.15) is 62.4 Å². The van der Waals surface area contributed by atoms with E-state index in [-0.39, 0.29) is 0 Å². The summed E-state index contributed by atoms with van der Waals surface area (Å²) in [5, 5.41) is 13.4. The molecule has 0 spiro atoms. The highest BCUT2D eigenvalue weighted by atomic mass is 16.7. The van der Waals surface area contributed by atoms with Gasteiger partial charge in [0.05, 0.1) is 11.2 Å². The summed E-state index contributed by atoms with van der Waals surface area (Å²) in [5.41, 5.74) is 0.817. The van der Waals surface area contributed by atoms with Crippen LogP contribution >= 0.6 is 0 Å². The average molecular weight is 305 g/mol. The molecule has 0 aliphatic carbocycles. The third kappa shape index (κ3) is 7.36. The minimum absolute atomic E-state index is 0.427. The highest BCUT2D eigenvalue weighted by Gasteiger charge is 2.12. The van der Waals surface area contributed by atoms with Crippen LogP contribution in [-0.4, -0.2) is 22.9 Å². The SMILES string of the molecule is Cc1ccccc1C(=O)O/N=C/CC(C)CCCC(C)(C)O. The molecule has 122 valence electrons. The number of rotatable bonds is 8. The zero-order valence-corrected chi connectivity index (χ0v) is 14.0. The molecular weight excluding hydrogens is 278 g/mol. The Hall–Kier alpha value is -1.68. The molecule has 1 unspecified atom stereocenters. The molecule has 0 radical (unpaired) electrons. The van der Waals surface area contributed by atoms with E-state index in [2.05, 4.69) is 12.1 Å². The summed E-state index contributed by atoms with van der Waals surface area (Å²) >= 11 is 0. The lowest BCUT2D eigenvalue weighted by Gasteiger charge is -2.17. The van der Waals surface area contributed by atoms with Crippen molar-refractivity contribution in [3.8, 4) is 0 Å². The first kappa shape index (κ1) is 18.4. The van der Waals surface area contributed by atoms with Crippen LogP contribution in [0, 0.1) is 12.8 Å². The van der Waals surface area contributed by atoms with Gasteiger partial charge in [0, 0.05) is 6.21 Å². The molecule has 0 saturated heterocycles. The van der Waals surface area contributed by atoms with Crippen LogP contribution in [0.25, 0.3) is 0 Å². The van der Waals surface area contributed by atoms with Crippen molar-refractivity contribution in [2.24, 2.45) is 11.1 Å². The highest BCUT2D eigenvalue weighted by molar-refractivity contribution is 5.91. The Morgan fingerprint density at radius 2 is 2.09 bits per heavy atom. The van der Waals surface area contributed by atoms with E-state index < -0.39 is 11.6 Å². The van der Waals surface area contributed by atoms with Gasteiger partial charge in [0.25, 0.3) is 0 Å². The Balaban J connectivity index is 2.29. The molecule has 1 atom stereocenters. The van der Waals surface area contributed by atoms with Gasteiger partial charge in [-0.15, -0.1) is 0 Å². The molecule has 1 N–H and O–H groups in total. The number of hydrogen-bond donors (Lipinski definition) is 1. The van der Waals surface area contributed by atoms with Gasteiger partial charge in [-0.25, -0.2) is 4.79 Å². The molecule has 4 nitrogen and oxygen atoms in total. The maximum atomic E-state index is 11.8. The number of aliphatic hydroxyl groups is 1. The van der Waals surface area contributed by atoms with Gasteiger partial charge in [-0.3, -0.25) is 0 Å². The maximum Gasteiger partial charge on any atom is 0.365 e. The average Bonchev–Trinajstić information content (AvgIpc) is 2.42. The van der Waals surface area contributed by atoms with E-state index in [4.69, 9.17) is 4.84 Å². The number of aryl methyl sites for hydroxylation is 1. The molecule has 1 aromatic rings. The first-order valence-electron chi connectivity index (χ1n) is 7.81. The highest BCUT2D eigenvalue weighted by Crippen LogP contribution is 2.17. The predicted molar refractivity (Wildman–Crippen MR) is 89.0 cm³/mol. The van der Waals surface area contributed by atoms with Crippen LogP contribution < -0.4 is 0 Å². The van der Waals surface area contributed by atoms with Crippen LogP contribution in [0.15, 0.2) is 29.4 Å². The van der Waals surface area contributed by atoms with Crippen molar-refractivity contribution >= 4 is 12.2 Å². The maximum absolute atomic E-state index is 11.8. The molecule has 0 aromatic heterocycles. The Bertz CT molecular complexity index is 503. The lowest BCUT2D eigenvalue weighted by Crippen LogP contribution is -2.18. The lowest BCUT2D eigenvalue weighted by atomic mass is 9.95. The zero-order valence-electron chi connectivity index (χ0n) is 14.0. The molecule has 0 bridgehead atoms. The third-order valence-corrected chi connectivity index (χ3v) is 3.57. The van der Waals surface area contributed by atoms with Crippen LogP contribution in [-0.2, 0) is 4.84 Å². The quantitative estimate of drug-likeness (QED) is 0.447. The lowest BCUT2D eigenvalue weighted by molar-refractivity contribution is 0.0515. The van der Waals surface area contributed by atoms with Crippen molar-refractivity contribution in [3.63, 3.8) is 0 Å². The topological polar surface area (TPSA) is 58.9 Å². The number of oxime groups is 1. The summed E-state index contributed by atoms with van der Waals surface area (Å²) in [7, 11) is 0. The summed E-state index contributed by atoms with van der Waals surface area (Å²) in [6, 6.07) is 7.28. The second kappa shape index (κ2) is 8.69. The van der Waals surface area contributed by atoms with Crippen LogP contribution in [0.4, 0.5) is 0 Å². The Labute approximate surface area is 133 Å². The molecular formula is C18H27NO3. The van der Waals surface area contributed by atoms with Gasteiger partial charge in [-0.1, -0.05) is 43.1 Å². The fraction of sp³-hybridized carbons (Fsp3) is 0.556. The van der Waals surface area contributed by atoms with Crippen molar-refractivity contribution in [3.05, 3.63) is 35.4 Å². The molecule has 0 heterocycles. The largest absolute Gasteiger partial charge is 0.390 e. The summed E-state index contributed by atoms with van der Waals surface area (Å²) in [5.74, 6) is 0.0206. The fourth-order valence-corrected chi connectivity index (χ4v) is 2.16. The van der Waals surface area contributed by atoms with E-state index >= 15 is 0 Å².